The molecule has 0 saturated carbocycles. The number of ether oxygens (including phenoxy) is 1. The Bertz CT molecular complexity index is 2800. The van der Waals surface area contributed by atoms with E-state index in [0.29, 0.717) is 22.6 Å². The van der Waals surface area contributed by atoms with Gasteiger partial charge in [-0.3, -0.25) is 24.0 Å². The van der Waals surface area contributed by atoms with Crippen molar-refractivity contribution in [3.05, 3.63) is 123 Å². The van der Waals surface area contributed by atoms with Crippen molar-refractivity contribution in [1.82, 2.24) is 45.8 Å². The van der Waals surface area contributed by atoms with E-state index in [9.17, 15) is 33.9 Å². The molecule has 312 valence electrons. The second kappa shape index (κ2) is 16.7. The molecule has 0 saturated heterocycles. The highest BCUT2D eigenvalue weighted by Crippen LogP contribution is 2.41. The Balaban J connectivity index is 1.00. The monoisotopic (exact) mass is 826 g/mol. The van der Waals surface area contributed by atoms with E-state index in [4.69, 9.17) is 15.5 Å². The number of amides is 4. The van der Waals surface area contributed by atoms with Crippen LogP contribution in [0.5, 0.6) is 0 Å². The van der Waals surface area contributed by atoms with Gasteiger partial charge in [0.15, 0.2) is 5.60 Å². The Morgan fingerprint density at radius 2 is 1.70 bits per heavy atom. The molecule has 2 atom stereocenters. The Hall–Kier alpha value is -7.31. The van der Waals surface area contributed by atoms with Gasteiger partial charge in [-0.15, -0.1) is 5.10 Å². The highest BCUT2D eigenvalue weighted by molar-refractivity contribution is 6.09. The number of cyclic esters (lactones) is 1. The first-order chi connectivity index (χ1) is 29.5. The number of carbonyl (C=O) groups is 5. The minimum absolute atomic E-state index is 0.00856. The molecule has 0 fully saturated rings. The molecular formula is C43H42N10O8. The summed E-state index contributed by atoms with van der Waals surface area (Å²) in [5.41, 5.74) is 7.94. The van der Waals surface area contributed by atoms with Crippen LogP contribution >= 0.6 is 0 Å². The first kappa shape index (κ1) is 40.5. The van der Waals surface area contributed by atoms with Gasteiger partial charge in [0, 0.05) is 22.9 Å². The molecule has 0 spiro atoms. The Morgan fingerprint density at radius 3 is 2.49 bits per heavy atom. The van der Waals surface area contributed by atoms with Crippen LogP contribution in [0.1, 0.15) is 46.9 Å². The Labute approximate surface area is 347 Å². The van der Waals surface area contributed by atoms with Gasteiger partial charge in [-0.05, 0) is 40.5 Å². The number of fused-ring (bicyclic) bond motifs is 7. The van der Waals surface area contributed by atoms with Crippen LogP contribution in [-0.2, 0) is 67.0 Å². The zero-order valence-corrected chi connectivity index (χ0v) is 33.1. The summed E-state index contributed by atoms with van der Waals surface area (Å²) in [5, 5.41) is 33.1. The molecule has 0 bridgehead atoms. The average Bonchev–Trinajstić information content (AvgIpc) is 3.89. The fourth-order valence-electron chi connectivity index (χ4n) is 7.88. The number of aromatic nitrogens is 5. The number of esters is 1. The third kappa shape index (κ3) is 7.93. The summed E-state index contributed by atoms with van der Waals surface area (Å²) in [4.78, 5) is 82.0. The van der Waals surface area contributed by atoms with Crippen molar-refractivity contribution in [3.8, 4) is 11.4 Å². The molecule has 3 aromatic carbocycles. The van der Waals surface area contributed by atoms with E-state index in [1.54, 1.807) is 52.7 Å². The van der Waals surface area contributed by atoms with Crippen molar-refractivity contribution in [1.29, 1.82) is 0 Å². The van der Waals surface area contributed by atoms with Gasteiger partial charge in [0.2, 0.25) is 23.6 Å². The lowest BCUT2D eigenvalue weighted by molar-refractivity contribution is -0.172. The molecule has 0 radical (unpaired) electrons. The summed E-state index contributed by atoms with van der Waals surface area (Å²) in [6, 6.07) is 21.5. The van der Waals surface area contributed by atoms with Crippen LogP contribution < -0.4 is 32.6 Å². The number of nitrogens with two attached hydrogens (primary N) is 1. The molecule has 2 aliphatic heterocycles. The number of aliphatic hydroxyl groups is 1. The Kier molecular flexibility index (Phi) is 11.1. The van der Waals surface area contributed by atoms with Gasteiger partial charge >= 0.3 is 5.97 Å². The smallest absolute Gasteiger partial charge is 0.343 e. The summed E-state index contributed by atoms with van der Waals surface area (Å²) in [7, 11) is 0. The minimum atomic E-state index is -1.96. The van der Waals surface area contributed by atoms with E-state index in [1.165, 1.54) is 0 Å². The summed E-state index contributed by atoms with van der Waals surface area (Å²) in [5.74, 6) is -3.03. The quantitative estimate of drug-likeness (QED) is 0.0644. The van der Waals surface area contributed by atoms with Gasteiger partial charge in [0.05, 0.1) is 67.9 Å². The maximum Gasteiger partial charge on any atom is 0.343 e. The van der Waals surface area contributed by atoms with Crippen LogP contribution in [0.15, 0.2) is 83.8 Å². The molecule has 8 rings (SSSR count). The van der Waals surface area contributed by atoms with Gasteiger partial charge in [-0.25, -0.2) is 14.5 Å². The molecule has 3 aromatic heterocycles. The number of carbonyl (C=O) groups excluding carboxylic acids is 5. The van der Waals surface area contributed by atoms with E-state index < -0.39 is 41.2 Å². The second-order valence-corrected chi connectivity index (χ2v) is 14.9. The van der Waals surface area contributed by atoms with E-state index in [2.05, 4.69) is 31.6 Å². The van der Waals surface area contributed by atoms with Crippen LogP contribution in [0.2, 0.25) is 0 Å². The van der Waals surface area contributed by atoms with Gasteiger partial charge in [0.1, 0.15) is 18.3 Å². The van der Waals surface area contributed by atoms with E-state index >= 15 is 0 Å². The molecule has 5 heterocycles. The van der Waals surface area contributed by atoms with Gasteiger partial charge in [-0.2, -0.15) is 0 Å². The lowest BCUT2D eigenvalue weighted by Crippen LogP contribution is -2.52. The molecule has 0 unspecified atom stereocenters. The fraction of sp³-hybridized carbons (Fsp3) is 0.279. The zero-order chi connectivity index (χ0) is 42.8. The Morgan fingerprint density at radius 1 is 0.934 bits per heavy atom. The lowest BCUT2D eigenvalue weighted by atomic mass is 9.86. The lowest BCUT2D eigenvalue weighted by Gasteiger charge is -2.31. The topological polar surface area (TPSA) is 255 Å². The van der Waals surface area contributed by atoms with Gasteiger partial charge < -0.3 is 41.4 Å². The number of pyridine rings is 2. The molecule has 4 amide bonds. The molecular weight excluding hydrogens is 785 g/mol. The van der Waals surface area contributed by atoms with Crippen LogP contribution in [0.3, 0.4) is 0 Å². The van der Waals surface area contributed by atoms with Crippen molar-refractivity contribution >= 4 is 51.3 Å². The number of hydrogen-bond donors (Lipinski definition) is 6. The average molecular weight is 827 g/mol. The van der Waals surface area contributed by atoms with Crippen LogP contribution in [0, 0.1) is 0 Å². The normalized spacial score (nSPS) is 15.6. The molecule has 2 aliphatic rings. The summed E-state index contributed by atoms with van der Waals surface area (Å²) < 4.78 is 8.48. The highest BCUT2D eigenvalue weighted by atomic mass is 16.6. The zero-order valence-electron chi connectivity index (χ0n) is 33.1. The largest absolute Gasteiger partial charge is 0.458 e. The van der Waals surface area contributed by atoms with Crippen molar-refractivity contribution in [3.63, 3.8) is 0 Å². The predicted molar refractivity (Wildman–Crippen MR) is 220 cm³/mol. The fourth-order valence-corrected chi connectivity index (χ4v) is 7.88. The summed E-state index contributed by atoms with van der Waals surface area (Å²) >= 11 is 0. The molecule has 6 aromatic rings. The van der Waals surface area contributed by atoms with Crippen LogP contribution in [-0.4, -0.2) is 84.9 Å². The molecule has 7 N–H and O–H groups in total. The molecule has 18 nitrogen and oxygen atoms in total. The third-order valence-corrected chi connectivity index (χ3v) is 11.1. The summed E-state index contributed by atoms with van der Waals surface area (Å²) in [6.45, 7) is 0.761. The van der Waals surface area contributed by atoms with E-state index in [0.717, 1.165) is 32.8 Å². The predicted octanol–water partition coefficient (Wildman–Crippen LogP) is 0.407. The number of hydrogen-bond acceptors (Lipinski definition) is 12. The number of rotatable bonds is 14. The van der Waals surface area contributed by atoms with Gasteiger partial charge in [-0.1, -0.05) is 72.8 Å². The highest BCUT2D eigenvalue weighted by Gasteiger charge is 2.45. The van der Waals surface area contributed by atoms with Crippen molar-refractivity contribution in [2.45, 2.75) is 57.6 Å². The number of nitrogens with one attached hydrogen (secondary N) is 4. The second-order valence-electron chi connectivity index (χ2n) is 14.9. The van der Waals surface area contributed by atoms with Crippen LogP contribution in [0.25, 0.3) is 33.1 Å². The van der Waals surface area contributed by atoms with Gasteiger partial charge in [0.25, 0.3) is 5.56 Å². The maximum absolute atomic E-state index is 14.0. The summed E-state index contributed by atoms with van der Waals surface area (Å²) in [6.07, 6.45) is 1.85. The van der Waals surface area contributed by atoms with Crippen molar-refractivity contribution in [2.24, 2.45) is 5.73 Å². The first-order valence-electron chi connectivity index (χ1n) is 19.7. The first-order valence-corrected chi connectivity index (χ1v) is 19.7. The van der Waals surface area contributed by atoms with Crippen molar-refractivity contribution < 1.29 is 33.8 Å². The number of nitrogens with zero attached hydrogens (tertiary/aromatic N) is 5. The van der Waals surface area contributed by atoms with Crippen molar-refractivity contribution in [2.75, 3.05) is 19.6 Å². The van der Waals surface area contributed by atoms with E-state index in [1.807, 2.05) is 42.5 Å². The van der Waals surface area contributed by atoms with Crippen LogP contribution in [0.4, 0.5) is 0 Å². The van der Waals surface area contributed by atoms with E-state index in [-0.39, 0.29) is 75.4 Å². The maximum atomic E-state index is 14.0. The molecule has 0 aliphatic carbocycles. The minimum Gasteiger partial charge on any atom is -0.458 e. The number of benzene rings is 3. The standard InChI is InChI=1S/C43H42N10O8/c1-2-43(60)31-15-34-39-29(22-53(34)41(58)30(31)23-61-42(43)59)28(38-27-11-7-6-10-25(27)12-13-32(38)49-39)21-52-20-26(50-51-52)17-45-36(55)18-47-40(57)33(14-24-8-4-3-5-9-24)48-37(56)19-46-35(54)16-44/h3-13,15,20,33,60H,2,14,16-19,21-23,44H2,1H3,(H,45,55)(H,46,54)(H,47,57)(H,48,56)/t33-,43-/m0/s1. The molecule has 61 heavy (non-hydrogen) atoms. The SMILES string of the molecule is CC[C@@]1(O)C(=O)OCc2c1cc1n(c2=O)Cc2c-1nc1ccc3ccccc3c1c2Cn1cc(CNC(=O)CNC(=O)[C@H](Cc2ccccc2)NC(=O)CNC(=O)CN)nn1. The third-order valence-electron chi connectivity index (χ3n) is 11.1. The molecule has 18 heteroatoms.